The Morgan fingerprint density at radius 2 is 1.09 bits per heavy atom. The summed E-state index contributed by atoms with van der Waals surface area (Å²) in [5, 5.41) is 0. The highest BCUT2D eigenvalue weighted by Crippen LogP contribution is 2.05. The quantitative estimate of drug-likeness (QED) is 0.492. The monoisotopic (exact) mass is 148 g/mol. The minimum atomic E-state index is 1.24. The van der Waals surface area contributed by atoms with Crippen LogP contribution in [0.2, 0.25) is 0 Å². The molecule has 0 aromatic heterocycles. The summed E-state index contributed by atoms with van der Waals surface area (Å²) >= 11 is 0. The van der Waals surface area contributed by atoms with Crippen molar-refractivity contribution in [1.29, 1.82) is 0 Å². The number of allylic oxidation sites excluding steroid dienone is 6. The Hall–Kier alpha value is -0.780. The molecule has 0 heterocycles. The molecular weight excluding hydrogens is 132 g/mol. The largest absolute Gasteiger partial charge is 0.0845 e. The molecule has 0 amide bonds. The van der Waals surface area contributed by atoms with Crippen LogP contribution in [0.15, 0.2) is 36.5 Å². The van der Waals surface area contributed by atoms with Crippen LogP contribution in [0.5, 0.6) is 0 Å². The fraction of sp³-hybridized carbons (Fsp3) is 0.455. The maximum atomic E-state index is 2.25. The van der Waals surface area contributed by atoms with Crippen molar-refractivity contribution >= 4 is 0 Å². The van der Waals surface area contributed by atoms with Gasteiger partial charge >= 0.3 is 0 Å². The van der Waals surface area contributed by atoms with Gasteiger partial charge in [-0.25, -0.2) is 0 Å². The molecule has 60 valence electrons. The summed E-state index contributed by atoms with van der Waals surface area (Å²) in [4.78, 5) is 0. The zero-order chi connectivity index (χ0) is 7.78. The number of rotatable bonds is 0. The van der Waals surface area contributed by atoms with Gasteiger partial charge in [-0.1, -0.05) is 42.9 Å². The van der Waals surface area contributed by atoms with E-state index < -0.39 is 0 Å². The van der Waals surface area contributed by atoms with Crippen molar-refractivity contribution in [2.45, 2.75) is 32.1 Å². The lowest BCUT2D eigenvalue weighted by molar-refractivity contribution is 0.696. The van der Waals surface area contributed by atoms with Gasteiger partial charge in [0.2, 0.25) is 0 Å². The third-order valence-corrected chi connectivity index (χ3v) is 1.85. The van der Waals surface area contributed by atoms with Crippen LogP contribution in [0, 0.1) is 0 Å². The highest BCUT2D eigenvalue weighted by atomic mass is 13.9. The zero-order valence-corrected chi connectivity index (χ0v) is 7.00. The molecule has 0 fully saturated rings. The fourth-order valence-corrected chi connectivity index (χ4v) is 1.18. The highest BCUT2D eigenvalue weighted by Gasteiger charge is 1.85. The van der Waals surface area contributed by atoms with Gasteiger partial charge < -0.3 is 0 Å². The van der Waals surface area contributed by atoms with E-state index in [2.05, 4.69) is 36.5 Å². The Morgan fingerprint density at radius 3 is 1.64 bits per heavy atom. The second-order valence-corrected chi connectivity index (χ2v) is 2.88. The van der Waals surface area contributed by atoms with Crippen LogP contribution < -0.4 is 0 Å². The Morgan fingerprint density at radius 1 is 0.545 bits per heavy atom. The van der Waals surface area contributed by atoms with Crippen LogP contribution in [0.3, 0.4) is 0 Å². The topological polar surface area (TPSA) is 0 Å². The summed E-state index contributed by atoms with van der Waals surface area (Å²) in [6.45, 7) is 0. The summed E-state index contributed by atoms with van der Waals surface area (Å²) in [6.07, 6.45) is 19.5. The molecule has 0 aromatic carbocycles. The molecule has 0 radical (unpaired) electrons. The van der Waals surface area contributed by atoms with Crippen LogP contribution in [0.4, 0.5) is 0 Å². The fourth-order valence-electron chi connectivity index (χ4n) is 1.18. The van der Waals surface area contributed by atoms with Gasteiger partial charge in [0.05, 0.1) is 0 Å². The second kappa shape index (κ2) is 5.96. The van der Waals surface area contributed by atoms with Gasteiger partial charge in [0.1, 0.15) is 0 Å². The molecule has 0 bridgehead atoms. The molecule has 1 rings (SSSR count). The smallest absolute Gasteiger partial charge is 0.0348 e. The van der Waals surface area contributed by atoms with Gasteiger partial charge in [-0.3, -0.25) is 0 Å². The second-order valence-electron chi connectivity index (χ2n) is 2.88. The first-order valence-corrected chi connectivity index (χ1v) is 4.48. The molecule has 0 nitrogen and oxygen atoms in total. The SMILES string of the molecule is C1=CCCCCC/C=C/C=C\1. The number of hydrogen-bond donors (Lipinski definition) is 0. The van der Waals surface area contributed by atoms with E-state index in [9.17, 15) is 0 Å². The lowest BCUT2D eigenvalue weighted by Crippen LogP contribution is -1.73. The van der Waals surface area contributed by atoms with Crippen LogP contribution in [-0.2, 0) is 0 Å². The summed E-state index contributed by atoms with van der Waals surface area (Å²) in [5.41, 5.74) is 0. The van der Waals surface area contributed by atoms with E-state index in [0.29, 0.717) is 0 Å². The normalized spacial score (nSPS) is 25.5. The van der Waals surface area contributed by atoms with E-state index >= 15 is 0 Å². The predicted molar refractivity (Wildman–Crippen MR) is 50.5 cm³/mol. The molecule has 0 N–H and O–H groups in total. The summed E-state index contributed by atoms with van der Waals surface area (Å²) in [7, 11) is 0. The first kappa shape index (κ1) is 8.32. The molecule has 0 saturated heterocycles. The first-order valence-electron chi connectivity index (χ1n) is 4.48. The van der Waals surface area contributed by atoms with Gasteiger partial charge in [0.25, 0.3) is 0 Å². The third-order valence-electron chi connectivity index (χ3n) is 1.85. The van der Waals surface area contributed by atoms with Gasteiger partial charge in [0, 0.05) is 0 Å². The molecule has 1 aliphatic rings. The molecular formula is C11H16. The van der Waals surface area contributed by atoms with Gasteiger partial charge in [-0.2, -0.15) is 0 Å². The van der Waals surface area contributed by atoms with Crippen LogP contribution in [0.25, 0.3) is 0 Å². The maximum absolute atomic E-state index is 2.25. The Kier molecular flexibility index (Phi) is 4.51. The van der Waals surface area contributed by atoms with Crippen LogP contribution in [-0.4, -0.2) is 0 Å². The van der Waals surface area contributed by atoms with Crippen LogP contribution >= 0.6 is 0 Å². The van der Waals surface area contributed by atoms with Crippen LogP contribution in [0.1, 0.15) is 32.1 Å². The average Bonchev–Trinajstić information content (AvgIpc) is 2.08. The molecule has 11 heavy (non-hydrogen) atoms. The highest BCUT2D eigenvalue weighted by molar-refractivity contribution is 5.11. The molecule has 0 saturated carbocycles. The molecule has 1 aliphatic carbocycles. The predicted octanol–water partition coefficient (Wildman–Crippen LogP) is 3.62. The maximum Gasteiger partial charge on any atom is -0.0348 e. The van der Waals surface area contributed by atoms with E-state index in [1.807, 2.05) is 0 Å². The molecule has 0 aromatic rings. The van der Waals surface area contributed by atoms with Crippen molar-refractivity contribution in [2.75, 3.05) is 0 Å². The lowest BCUT2D eigenvalue weighted by atomic mass is 10.1. The van der Waals surface area contributed by atoms with E-state index in [4.69, 9.17) is 0 Å². The van der Waals surface area contributed by atoms with E-state index in [1.54, 1.807) is 0 Å². The Labute approximate surface area is 69.3 Å². The average molecular weight is 148 g/mol. The van der Waals surface area contributed by atoms with Crippen molar-refractivity contribution in [3.63, 3.8) is 0 Å². The standard InChI is InChI=1S/C11H16/c1-2-4-6-8-10-11-9-7-5-3-1/h1-6H,7-11H2/b2-1-,5-3+,6-4?. The minimum Gasteiger partial charge on any atom is -0.0845 e. The Balaban J connectivity index is 2.36. The summed E-state index contributed by atoms with van der Waals surface area (Å²) in [6, 6.07) is 0. The molecule has 0 spiro atoms. The van der Waals surface area contributed by atoms with E-state index in [1.165, 1.54) is 32.1 Å². The number of hydrogen-bond acceptors (Lipinski definition) is 0. The van der Waals surface area contributed by atoms with Gasteiger partial charge in [-0.05, 0) is 25.7 Å². The third kappa shape index (κ3) is 4.60. The van der Waals surface area contributed by atoms with Crippen molar-refractivity contribution < 1.29 is 0 Å². The van der Waals surface area contributed by atoms with Crippen molar-refractivity contribution in [2.24, 2.45) is 0 Å². The van der Waals surface area contributed by atoms with E-state index in [-0.39, 0.29) is 0 Å². The minimum absolute atomic E-state index is 1.24. The first-order chi connectivity index (χ1) is 5.50. The molecule has 0 aliphatic heterocycles. The summed E-state index contributed by atoms with van der Waals surface area (Å²) < 4.78 is 0. The van der Waals surface area contributed by atoms with E-state index in [0.717, 1.165) is 0 Å². The van der Waals surface area contributed by atoms with Gasteiger partial charge in [0.15, 0.2) is 0 Å². The molecule has 0 heteroatoms. The summed E-state index contributed by atoms with van der Waals surface area (Å²) in [5.74, 6) is 0. The van der Waals surface area contributed by atoms with Crippen molar-refractivity contribution in [3.05, 3.63) is 36.5 Å². The van der Waals surface area contributed by atoms with Crippen molar-refractivity contribution in [3.8, 4) is 0 Å². The molecule has 0 atom stereocenters. The Bertz CT molecular complexity index is 143. The zero-order valence-electron chi connectivity index (χ0n) is 7.00. The van der Waals surface area contributed by atoms with Crippen molar-refractivity contribution in [1.82, 2.24) is 0 Å². The van der Waals surface area contributed by atoms with Gasteiger partial charge in [-0.15, -0.1) is 0 Å². The lowest BCUT2D eigenvalue weighted by Gasteiger charge is -1.93. The molecule has 0 unspecified atom stereocenters.